The zero-order chi connectivity index (χ0) is 22.2. The molecule has 1 aliphatic heterocycles. The number of benzene rings is 1. The van der Waals surface area contributed by atoms with Crippen LogP contribution in [0.25, 0.3) is 0 Å². The molecular formula is C20H27N7O3S. The van der Waals surface area contributed by atoms with Gasteiger partial charge < -0.3 is 21.3 Å². The van der Waals surface area contributed by atoms with E-state index < -0.39 is 15.9 Å². The molecule has 1 amide bonds. The molecule has 0 spiro atoms. The summed E-state index contributed by atoms with van der Waals surface area (Å²) >= 11 is 0. The highest BCUT2D eigenvalue weighted by molar-refractivity contribution is 7.88. The summed E-state index contributed by atoms with van der Waals surface area (Å²) in [5.41, 5.74) is 8.66. The molecule has 2 fully saturated rings. The number of anilines is 4. The molecule has 4 rings (SSSR count). The fraction of sp³-hybridized carbons (Fsp3) is 0.450. The van der Waals surface area contributed by atoms with Gasteiger partial charge in [-0.3, -0.25) is 4.79 Å². The molecule has 1 aromatic heterocycles. The highest BCUT2D eigenvalue weighted by Gasteiger charge is 2.25. The Labute approximate surface area is 181 Å². The molecule has 0 bridgehead atoms. The van der Waals surface area contributed by atoms with Crippen molar-refractivity contribution >= 4 is 39.1 Å². The number of piperazine rings is 1. The first-order valence-corrected chi connectivity index (χ1v) is 12.1. The van der Waals surface area contributed by atoms with Crippen LogP contribution in [0.2, 0.25) is 0 Å². The highest BCUT2D eigenvalue weighted by atomic mass is 32.2. The molecule has 4 N–H and O–H groups in total. The van der Waals surface area contributed by atoms with Crippen LogP contribution in [0, 0.1) is 6.92 Å². The third-order valence-electron chi connectivity index (χ3n) is 5.47. The third-order valence-corrected chi connectivity index (χ3v) is 6.78. The Balaban J connectivity index is 1.47. The summed E-state index contributed by atoms with van der Waals surface area (Å²) < 4.78 is 24.9. The Hall–Kier alpha value is -2.92. The molecule has 2 aliphatic rings. The van der Waals surface area contributed by atoms with E-state index >= 15 is 0 Å². The largest absolute Gasteiger partial charge is 0.369 e. The first-order chi connectivity index (χ1) is 14.7. The number of nitrogens with one attached hydrogen (secondary N) is 2. The second kappa shape index (κ2) is 8.31. The second-order valence-corrected chi connectivity index (χ2v) is 10.00. The van der Waals surface area contributed by atoms with E-state index in [4.69, 9.17) is 5.73 Å². The topological polar surface area (TPSA) is 134 Å². The van der Waals surface area contributed by atoms with E-state index in [0.717, 1.165) is 29.8 Å². The van der Waals surface area contributed by atoms with E-state index in [9.17, 15) is 13.2 Å². The number of carbonyl (C=O) groups is 1. The number of primary amides is 1. The van der Waals surface area contributed by atoms with Crippen LogP contribution in [0.1, 0.15) is 28.8 Å². The SMILES string of the molecule is Cc1cc(Nc2ncc(C(N)=O)c(NC3CC3)n2)ccc1N1CCN(S(C)(=O)=O)CC1. The number of hydrogen-bond donors (Lipinski definition) is 3. The standard InChI is InChI=1S/C20H27N7O3S/c1-13-11-15(5-6-17(13)26-7-9-27(10-8-26)31(2,29)30)24-20-22-12-16(18(21)28)19(25-20)23-14-3-4-14/h5-6,11-12,14H,3-4,7-10H2,1-2H3,(H2,21,28)(H2,22,23,24,25). The van der Waals surface area contributed by atoms with Gasteiger partial charge in [-0.2, -0.15) is 9.29 Å². The number of aromatic nitrogens is 2. The lowest BCUT2D eigenvalue weighted by atomic mass is 10.1. The Morgan fingerprint density at radius 1 is 1.19 bits per heavy atom. The summed E-state index contributed by atoms with van der Waals surface area (Å²) in [4.78, 5) is 22.5. The number of hydrogen-bond acceptors (Lipinski definition) is 8. The summed E-state index contributed by atoms with van der Waals surface area (Å²) in [7, 11) is -3.15. The van der Waals surface area contributed by atoms with Crippen molar-refractivity contribution in [3.05, 3.63) is 35.5 Å². The minimum atomic E-state index is -3.15. The molecule has 11 heteroatoms. The Bertz CT molecular complexity index is 1090. The third kappa shape index (κ3) is 5.05. The molecule has 0 radical (unpaired) electrons. The van der Waals surface area contributed by atoms with Crippen molar-refractivity contribution < 1.29 is 13.2 Å². The summed E-state index contributed by atoms with van der Waals surface area (Å²) in [6.45, 7) is 4.27. The Morgan fingerprint density at radius 2 is 1.90 bits per heavy atom. The predicted molar refractivity (Wildman–Crippen MR) is 120 cm³/mol. The average Bonchev–Trinajstić information content (AvgIpc) is 3.51. The molecule has 1 saturated carbocycles. The van der Waals surface area contributed by atoms with Crippen LogP contribution in [0.3, 0.4) is 0 Å². The molecule has 10 nitrogen and oxygen atoms in total. The predicted octanol–water partition coefficient (Wildman–Crippen LogP) is 1.28. The van der Waals surface area contributed by atoms with E-state index in [2.05, 4.69) is 25.5 Å². The van der Waals surface area contributed by atoms with E-state index in [0.29, 0.717) is 44.0 Å². The molecule has 0 unspecified atom stereocenters. The van der Waals surface area contributed by atoms with Gasteiger partial charge in [0.15, 0.2) is 0 Å². The van der Waals surface area contributed by atoms with Gasteiger partial charge in [0.2, 0.25) is 16.0 Å². The van der Waals surface area contributed by atoms with Gasteiger partial charge in [0, 0.05) is 49.8 Å². The molecule has 1 aliphatic carbocycles. The molecule has 1 saturated heterocycles. The number of sulfonamides is 1. The number of carbonyl (C=O) groups excluding carboxylic acids is 1. The van der Waals surface area contributed by atoms with Crippen molar-refractivity contribution in [3.63, 3.8) is 0 Å². The maximum absolute atomic E-state index is 11.7. The molecule has 1 aromatic carbocycles. The van der Waals surface area contributed by atoms with Crippen LogP contribution in [-0.2, 0) is 10.0 Å². The quantitative estimate of drug-likeness (QED) is 0.580. The zero-order valence-corrected chi connectivity index (χ0v) is 18.4. The Morgan fingerprint density at radius 3 is 2.48 bits per heavy atom. The van der Waals surface area contributed by atoms with Crippen LogP contribution >= 0.6 is 0 Å². The first kappa shape index (κ1) is 21.3. The minimum Gasteiger partial charge on any atom is -0.369 e. The number of rotatable bonds is 7. The lowest BCUT2D eigenvalue weighted by molar-refractivity contribution is 0.100. The monoisotopic (exact) mass is 445 g/mol. The van der Waals surface area contributed by atoms with Crippen molar-refractivity contribution in [3.8, 4) is 0 Å². The van der Waals surface area contributed by atoms with E-state index in [-0.39, 0.29) is 5.56 Å². The van der Waals surface area contributed by atoms with Crippen molar-refractivity contribution in [1.82, 2.24) is 14.3 Å². The lowest BCUT2D eigenvalue weighted by Crippen LogP contribution is -2.48. The number of nitrogens with two attached hydrogens (primary N) is 1. The maximum Gasteiger partial charge on any atom is 0.254 e. The van der Waals surface area contributed by atoms with Crippen LogP contribution < -0.4 is 21.3 Å². The van der Waals surface area contributed by atoms with Crippen molar-refractivity contribution in [2.24, 2.45) is 5.73 Å². The second-order valence-electron chi connectivity index (χ2n) is 8.01. The lowest BCUT2D eigenvalue weighted by Gasteiger charge is -2.35. The van der Waals surface area contributed by atoms with Crippen molar-refractivity contribution in [2.75, 3.05) is 48.0 Å². The van der Waals surface area contributed by atoms with Crippen LogP contribution in [0.5, 0.6) is 0 Å². The number of amides is 1. The fourth-order valence-electron chi connectivity index (χ4n) is 3.63. The van der Waals surface area contributed by atoms with Crippen LogP contribution in [-0.4, -0.2) is 67.1 Å². The summed E-state index contributed by atoms with van der Waals surface area (Å²) in [6.07, 6.45) is 4.77. The molecule has 2 aromatic rings. The summed E-state index contributed by atoms with van der Waals surface area (Å²) in [6, 6.07) is 6.27. The zero-order valence-electron chi connectivity index (χ0n) is 17.6. The molecule has 166 valence electrons. The average molecular weight is 446 g/mol. The van der Waals surface area contributed by atoms with Crippen molar-refractivity contribution in [2.45, 2.75) is 25.8 Å². The van der Waals surface area contributed by atoms with Gasteiger partial charge in [-0.05, 0) is 43.5 Å². The van der Waals surface area contributed by atoms with E-state index in [1.165, 1.54) is 16.8 Å². The van der Waals surface area contributed by atoms with Gasteiger partial charge in [-0.1, -0.05) is 0 Å². The van der Waals surface area contributed by atoms with Gasteiger partial charge in [-0.15, -0.1) is 0 Å². The van der Waals surface area contributed by atoms with Gasteiger partial charge in [-0.25, -0.2) is 13.4 Å². The normalized spacial score (nSPS) is 17.4. The molecular weight excluding hydrogens is 418 g/mol. The first-order valence-electron chi connectivity index (χ1n) is 10.2. The summed E-state index contributed by atoms with van der Waals surface area (Å²) in [5, 5.41) is 6.41. The van der Waals surface area contributed by atoms with Gasteiger partial charge in [0.1, 0.15) is 5.82 Å². The van der Waals surface area contributed by atoms with Crippen LogP contribution in [0.4, 0.5) is 23.1 Å². The van der Waals surface area contributed by atoms with Gasteiger partial charge in [0.05, 0.1) is 11.8 Å². The molecule has 2 heterocycles. The highest BCUT2D eigenvalue weighted by Crippen LogP contribution is 2.28. The number of nitrogens with zero attached hydrogens (tertiary/aromatic N) is 4. The molecule has 31 heavy (non-hydrogen) atoms. The maximum atomic E-state index is 11.7. The van der Waals surface area contributed by atoms with Crippen LogP contribution in [0.15, 0.2) is 24.4 Å². The summed E-state index contributed by atoms with van der Waals surface area (Å²) in [5.74, 6) is 0.262. The minimum absolute atomic E-state index is 0.275. The van der Waals surface area contributed by atoms with Crippen molar-refractivity contribution in [1.29, 1.82) is 0 Å². The van der Waals surface area contributed by atoms with Gasteiger partial charge in [0.25, 0.3) is 5.91 Å². The van der Waals surface area contributed by atoms with E-state index in [1.807, 2.05) is 25.1 Å². The fourth-order valence-corrected chi connectivity index (χ4v) is 4.46. The Kier molecular flexibility index (Phi) is 5.71. The number of aryl methyl sites for hydroxylation is 1. The smallest absolute Gasteiger partial charge is 0.254 e. The molecule has 0 atom stereocenters. The van der Waals surface area contributed by atoms with Gasteiger partial charge >= 0.3 is 0 Å². The van der Waals surface area contributed by atoms with E-state index in [1.54, 1.807) is 0 Å².